The Balaban J connectivity index is 2.21. The second kappa shape index (κ2) is 5.43. The van der Waals surface area contributed by atoms with Crippen molar-refractivity contribution in [2.75, 3.05) is 11.1 Å². The lowest BCUT2D eigenvalue weighted by Crippen LogP contribution is -2.16. The SMILES string of the molecule is CCc1[nH]nc(C(=O)Nc2cccc(C(N)=O)c2)c1N. The second-order valence-electron chi connectivity index (χ2n) is 4.22. The topological polar surface area (TPSA) is 127 Å². The van der Waals surface area contributed by atoms with Gasteiger partial charge in [0.1, 0.15) is 0 Å². The Kier molecular flexibility index (Phi) is 3.69. The number of nitrogens with zero attached hydrogens (tertiary/aromatic N) is 1. The smallest absolute Gasteiger partial charge is 0.278 e. The number of aryl methyl sites for hydroxylation is 1. The summed E-state index contributed by atoms with van der Waals surface area (Å²) in [5.74, 6) is -1.01. The lowest BCUT2D eigenvalue weighted by molar-refractivity contribution is 0.0995. The molecule has 104 valence electrons. The van der Waals surface area contributed by atoms with Gasteiger partial charge in [-0.05, 0) is 24.6 Å². The largest absolute Gasteiger partial charge is 0.395 e. The number of aromatic amines is 1. The van der Waals surface area contributed by atoms with E-state index in [2.05, 4.69) is 15.5 Å². The van der Waals surface area contributed by atoms with E-state index in [9.17, 15) is 9.59 Å². The van der Waals surface area contributed by atoms with E-state index >= 15 is 0 Å². The van der Waals surface area contributed by atoms with Crippen molar-refractivity contribution >= 4 is 23.2 Å². The van der Waals surface area contributed by atoms with Crippen LogP contribution >= 0.6 is 0 Å². The summed E-state index contributed by atoms with van der Waals surface area (Å²) in [6, 6.07) is 6.33. The number of carbonyl (C=O) groups excluding carboxylic acids is 2. The molecule has 7 heteroatoms. The molecule has 1 heterocycles. The van der Waals surface area contributed by atoms with Crippen LogP contribution in [0.2, 0.25) is 0 Å². The minimum atomic E-state index is -0.561. The van der Waals surface area contributed by atoms with E-state index in [1.807, 2.05) is 6.92 Å². The molecule has 2 rings (SSSR count). The minimum Gasteiger partial charge on any atom is -0.395 e. The molecule has 0 unspecified atom stereocenters. The summed E-state index contributed by atoms with van der Waals surface area (Å²) in [6.07, 6.45) is 0.656. The lowest BCUT2D eigenvalue weighted by atomic mass is 10.2. The highest BCUT2D eigenvalue weighted by Crippen LogP contribution is 2.17. The summed E-state index contributed by atoms with van der Waals surface area (Å²) >= 11 is 0. The van der Waals surface area contributed by atoms with Crippen molar-refractivity contribution in [3.8, 4) is 0 Å². The number of nitrogens with one attached hydrogen (secondary N) is 2. The third kappa shape index (κ3) is 2.61. The number of primary amides is 1. The van der Waals surface area contributed by atoms with Gasteiger partial charge in [0.05, 0.1) is 11.4 Å². The minimum absolute atomic E-state index is 0.131. The number of amides is 2. The Morgan fingerprint density at radius 2 is 2.15 bits per heavy atom. The van der Waals surface area contributed by atoms with Crippen molar-refractivity contribution in [3.05, 3.63) is 41.2 Å². The quantitative estimate of drug-likeness (QED) is 0.660. The van der Waals surface area contributed by atoms with Gasteiger partial charge in [0.2, 0.25) is 5.91 Å². The molecule has 1 aromatic carbocycles. The lowest BCUT2D eigenvalue weighted by Gasteiger charge is -2.05. The first-order valence-corrected chi connectivity index (χ1v) is 6.06. The van der Waals surface area contributed by atoms with Crippen molar-refractivity contribution in [2.24, 2.45) is 5.73 Å². The number of rotatable bonds is 4. The molecule has 1 aromatic heterocycles. The molecule has 0 aliphatic heterocycles. The zero-order valence-electron chi connectivity index (χ0n) is 10.9. The molecule has 0 spiro atoms. The van der Waals surface area contributed by atoms with Gasteiger partial charge in [0.15, 0.2) is 5.69 Å². The fraction of sp³-hybridized carbons (Fsp3) is 0.154. The maximum absolute atomic E-state index is 12.1. The Morgan fingerprint density at radius 3 is 2.75 bits per heavy atom. The average Bonchev–Trinajstić information content (AvgIpc) is 2.80. The summed E-state index contributed by atoms with van der Waals surface area (Å²) in [5, 5.41) is 9.22. The first-order valence-electron chi connectivity index (χ1n) is 6.06. The molecule has 0 atom stereocenters. The molecule has 20 heavy (non-hydrogen) atoms. The van der Waals surface area contributed by atoms with Crippen LogP contribution in [-0.2, 0) is 6.42 Å². The normalized spacial score (nSPS) is 10.2. The van der Waals surface area contributed by atoms with Crippen molar-refractivity contribution in [1.82, 2.24) is 10.2 Å². The van der Waals surface area contributed by atoms with Gasteiger partial charge in [-0.3, -0.25) is 14.7 Å². The van der Waals surface area contributed by atoms with Gasteiger partial charge in [0.25, 0.3) is 5.91 Å². The number of benzene rings is 1. The van der Waals surface area contributed by atoms with Gasteiger partial charge >= 0.3 is 0 Å². The van der Waals surface area contributed by atoms with Gasteiger partial charge in [-0.25, -0.2) is 0 Å². The molecule has 0 bridgehead atoms. The fourth-order valence-corrected chi connectivity index (χ4v) is 1.77. The Hall–Kier alpha value is -2.83. The number of carbonyl (C=O) groups is 2. The molecule has 0 aliphatic carbocycles. The highest BCUT2D eigenvalue weighted by molar-refractivity contribution is 6.07. The van der Waals surface area contributed by atoms with Crippen molar-refractivity contribution in [2.45, 2.75) is 13.3 Å². The molecule has 6 N–H and O–H groups in total. The van der Waals surface area contributed by atoms with E-state index in [0.29, 0.717) is 29.1 Å². The van der Waals surface area contributed by atoms with E-state index in [1.165, 1.54) is 6.07 Å². The van der Waals surface area contributed by atoms with Crippen molar-refractivity contribution in [3.63, 3.8) is 0 Å². The van der Waals surface area contributed by atoms with Crippen LogP contribution < -0.4 is 16.8 Å². The van der Waals surface area contributed by atoms with Crippen molar-refractivity contribution in [1.29, 1.82) is 0 Å². The van der Waals surface area contributed by atoms with Crippen LogP contribution in [0, 0.1) is 0 Å². The third-order valence-electron chi connectivity index (χ3n) is 2.86. The highest BCUT2D eigenvalue weighted by atomic mass is 16.2. The molecule has 0 fully saturated rings. The predicted molar refractivity (Wildman–Crippen MR) is 75.3 cm³/mol. The molecular formula is C13H15N5O2. The maximum atomic E-state index is 12.1. The van der Waals surface area contributed by atoms with E-state index in [-0.39, 0.29) is 5.69 Å². The monoisotopic (exact) mass is 273 g/mol. The zero-order valence-corrected chi connectivity index (χ0v) is 10.9. The molecule has 0 saturated carbocycles. The number of aromatic nitrogens is 2. The molecular weight excluding hydrogens is 258 g/mol. The Morgan fingerprint density at radius 1 is 1.40 bits per heavy atom. The average molecular weight is 273 g/mol. The molecule has 2 aromatic rings. The van der Waals surface area contributed by atoms with E-state index < -0.39 is 11.8 Å². The number of anilines is 2. The third-order valence-corrected chi connectivity index (χ3v) is 2.86. The summed E-state index contributed by atoms with van der Waals surface area (Å²) in [6.45, 7) is 1.90. The number of hydrogen-bond acceptors (Lipinski definition) is 4. The Bertz CT molecular complexity index is 663. The fourth-order valence-electron chi connectivity index (χ4n) is 1.77. The first kappa shape index (κ1) is 13.6. The first-order chi connectivity index (χ1) is 9.52. The standard InChI is InChI=1S/C13H15N5O2/c1-2-9-10(14)11(18-17-9)13(20)16-8-5-3-4-7(6-8)12(15)19/h3-6H,2,14H2,1H3,(H2,15,19)(H,16,20)(H,17,18). The van der Waals surface area contributed by atoms with Gasteiger partial charge < -0.3 is 16.8 Å². The number of nitrogens with two attached hydrogens (primary N) is 2. The van der Waals surface area contributed by atoms with E-state index in [1.54, 1.807) is 18.2 Å². The molecule has 0 saturated heterocycles. The highest BCUT2D eigenvalue weighted by Gasteiger charge is 2.16. The Labute approximate surface area is 115 Å². The van der Waals surface area contributed by atoms with Crippen LogP contribution in [0.3, 0.4) is 0 Å². The zero-order chi connectivity index (χ0) is 14.7. The van der Waals surface area contributed by atoms with Crippen molar-refractivity contribution < 1.29 is 9.59 Å². The summed E-state index contributed by atoms with van der Waals surface area (Å²) in [4.78, 5) is 23.1. The van der Waals surface area contributed by atoms with Gasteiger partial charge in [0, 0.05) is 11.3 Å². The number of hydrogen-bond donors (Lipinski definition) is 4. The number of H-pyrrole nitrogens is 1. The van der Waals surface area contributed by atoms with Crippen LogP contribution in [0.15, 0.2) is 24.3 Å². The molecule has 2 amide bonds. The van der Waals surface area contributed by atoms with Crippen LogP contribution in [0.25, 0.3) is 0 Å². The van der Waals surface area contributed by atoms with Crippen LogP contribution in [0.5, 0.6) is 0 Å². The predicted octanol–water partition coefficient (Wildman–Crippen LogP) is 0.905. The molecule has 0 radical (unpaired) electrons. The summed E-state index contributed by atoms with van der Waals surface area (Å²) in [5.41, 5.74) is 12.9. The van der Waals surface area contributed by atoms with E-state index in [0.717, 1.165) is 0 Å². The molecule has 0 aliphatic rings. The van der Waals surface area contributed by atoms with Crippen LogP contribution in [0.4, 0.5) is 11.4 Å². The summed E-state index contributed by atoms with van der Waals surface area (Å²) < 4.78 is 0. The maximum Gasteiger partial charge on any atom is 0.278 e. The number of nitrogen functional groups attached to an aromatic ring is 1. The summed E-state index contributed by atoms with van der Waals surface area (Å²) in [7, 11) is 0. The van der Waals surface area contributed by atoms with Crippen LogP contribution in [-0.4, -0.2) is 22.0 Å². The molecule has 7 nitrogen and oxygen atoms in total. The van der Waals surface area contributed by atoms with Crippen LogP contribution in [0.1, 0.15) is 33.5 Å². The van der Waals surface area contributed by atoms with Gasteiger partial charge in [-0.15, -0.1) is 0 Å². The van der Waals surface area contributed by atoms with E-state index in [4.69, 9.17) is 11.5 Å². The van der Waals surface area contributed by atoms with Gasteiger partial charge in [-0.1, -0.05) is 13.0 Å². The van der Waals surface area contributed by atoms with Gasteiger partial charge in [-0.2, -0.15) is 5.10 Å². The second-order valence-corrected chi connectivity index (χ2v) is 4.22.